The van der Waals surface area contributed by atoms with Crippen LogP contribution in [0.25, 0.3) is 10.8 Å². The number of nitrogens with one attached hydrogen (secondary N) is 1. The summed E-state index contributed by atoms with van der Waals surface area (Å²) >= 11 is 0. The first-order chi connectivity index (χ1) is 18.3. The highest BCUT2D eigenvalue weighted by molar-refractivity contribution is 7.93. The molecule has 38 heavy (non-hydrogen) atoms. The van der Waals surface area contributed by atoms with E-state index in [1.165, 1.54) is 4.31 Å². The molecule has 202 valence electrons. The van der Waals surface area contributed by atoms with Crippen LogP contribution in [0, 0.1) is 0 Å². The first-order valence-electron chi connectivity index (χ1n) is 13.5. The molecular weight excluding hydrogens is 498 g/mol. The first kappa shape index (κ1) is 27.6. The van der Waals surface area contributed by atoms with Crippen molar-refractivity contribution in [1.82, 2.24) is 10.2 Å². The Morgan fingerprint density at radius 3 is 2.34 bits per heavy atom. The van der Waals surface area contributed by atoms with Gasteiger partial charge in [-0.15, -0.1) is 0 Å². The van der Waals surface area contributed by atoms with Crippen molar-refractivity contribution >= 4 is 38.3 Å². The number of anilines is 1. The topological polar surface area (TPSA) is 86.8 Å². The van der Waals surface area contributed by atoms with Gasteiger partial charge in [0.25, 0.3) is 10.0 Å². The van der Waals surface area contributed by atoms with E-state index in [-0.39, 0.29) is 30.8 Å². The number of hydrogen-bond donors (Lipinski definition) is 1. The lowest BCUT2D eigenvalue weighted by Gasteiger charge is -2.31. The predicted octanol–water partition coefficient (Wildman–Crippen LogP) is 4.89. The second-order valence-corrected chi connectivity index (χ2v) is 11.7. The van der Waals surface area contributed by atoms with Gasteiger partial charge in [-0.25, -0.2) is 8.42 Å². The second kappa shape index (κ2) is 12.0. The lowest BCUT2D eigenvalue weighted by atomic mass is 10.1. The zero-order valence-corrected chi connectivity index (χ0v) is 23.2. The molecule has 0 saturated carbocycles. The van der Waals surface area contributed by atoms with E-state index in [2.05, 4.69) is 5.32 Å². The Morgan fingerprint density at radius 2 is 1.66 bits per heavy atom. The summed E-state index contributed by atoms with van der Waals surface area (Å²) in [5.41, 5.74) is 1.75. The minimum Gasteiger partial charge on any atom is -0.352 e. The van der Waals surface area contributed by atoms with Crippen molar-refractivity contribution in [2.24, 2.45) is 0 Å². The SMILES string of the molecule is CCC(C)NC(=O)C(CC)N(CCc1ccccc1)C(=O)CCCN1c2cccc3cccc(c23)S1(=O)=O. The third-order valence-electron chi connectivity index (χ3n) is 7.30. The Labute approximate surface area is 225 Å². The van der Waals surface area contributed by atoms with Crippen LogP contribution < -0.4 is 9.62 Å². The van der Waals surface area contributed by atoms with E-state index in [1.807, 2.05) is 75.4 Å². The third kappa shape index (κ3) is 5.70. The van der Waals surface area contributed by atoms with Crippen LogP contribution in [-0.4, -0.2) is 50.3 Å². The minimum absolute atomic E-state index is 0.0207. The Morgan fingerprint density at radius 1 is 0.947 bits per heavy atom. The Balaban J connectivity index is 1.48. The molecule has 0 saturated heterocycles. The molecule has 0 spiro atoms. The molecule has 0 aliphatic carbocycles. The molecule has 3 aromatic rings. The molecule has 1 heterocycles. The van der Waals surface area contributed by atoms with E-state index in [1.54, 1.807) is 17.0 Å². The summed E-state index contributed by atoms with van der Waals surface area (Å²) in [4.78, 5) is 28.6. The van der Waals surface area contributed by atoms with Crippen LogP contribution >= 0.6 is 0 Å². The van der Waals surface area contributed by atoms with Crippen LogP contribution in [0.15, 0.2) is 71.6 Å². The normalized spacial score (nSPS) is 15.3. The number of carbonyl (C=O) groups is 2. The van der Waals surface area contributed by atoms with E-state index >= 15 is 0 Å². The van der Waals surface area contributed by atoms with Gasteiger partial charge in [-0.3, -0.25) is 13.9 Å². The van der Waals surface area contributed by atoms with E-state index in [9.17, 15) is 18.0 Å². The fourth-order valence-corrected chi connectivity index (χ4v) is 6.80. The van der Waals surface area contributed by atoms with Crippen molar-refractivity contribution in [3.8, 4) is 0 Å². The van der Waals surface area contributed by atoms with Gasteiger partial charge in [0.1, 0.15) is 6.04 Å². The largest absolute Gasteiger partial charge is 0.352 e. The van der Waals surface area contributed by atoms with Gasteiger partial charge in [0.2, 0.25) is 11.8 Å². The molecule has 0 bridgehead atoms. The summed E-state index contributed by atoms with van der Waals surface area (Å²) in [6.07, 6.45) is 2.45. The summed E-state index contributed by atoms with van der Waals surface area (Å²) in [5.74, 6) is -0.285. The summed E-state index contributed by atoms with van der Waals surface area (Å²) < 4.78 is 28.0. The molecule has 1 aliphatic rings. The molecule has 2 amide bonds. The molecule has 2 unspecified atom stereocenters. The summed E-state index contributed by atoms with van der Waals surface area (Å²) in [5, 5.41) is 4.64. The van der Waals surface area contributed by atoms with Crippen LogP contribution in [0.5, 0.6) is 0 Å². The fourth-order valence-electron chi connectivity index (χ4n) is 5.05. The molecule has 1 aliphatic heterocycles. The fraction of sp³-hybridized carbons (Fsp3) is 0.400. The minimum atomic E-state index is -3.67. The highest BCUT2D eigenvalue weighted by atomic mass is 32.2. The monoisotopic (exact) mass is 535 g/mol. The molecule has 0 fully saturated rings. The molecule has 8 heteroatoms. The van der Waals surface area contributed by atoms with Crippen LogP contribution in [0.4, 0.5) is 5.69 Å². The molecule has 1 N–H and O–H groups in total. The van der Waals surface area contributed by atoms with Crippen molar-refractivity contribution in [3.05, 3.63) is 72.3 Å². The molecular formula is C30H37N3O4S. The van der Waals surface area contributed by atoms with Gasteiger partial charge >= 0.3 is 0 Å². The smallest absolute Gasteiger partial charge is 0.265 e. The van der Waals surface area contributed by atoms with Crippen molar-refractivity contribution < 1.29 is 18.0 Å². The van der Waals surface area contributed by atoms with Crippen molar-refractivity contribution in [2.45, 2.75) is 69.9 Å². The van der Waals surface area contributed by atoms with Crippen LogP contribution in [-0.2, 0) is 26.0 Å². The lowest BCUT2D eigenvalue weighted by Crippen LogP contribution is -2.51. The summed E-state index contributed by atoms with van der Waals surface area (Å²) in [6.45, 7) is 6.50. The predicted molar refractivity (Wildman–Crippen MR) is 152 cm³/mol. The van der Waals surface area contributed by atoms with Crippen molar-refractivity contribution in [3.63, 3.8) is 0 Å². The van der Waals surface area contributed by atoms with E-state index in [4.69, 9.17) is 0 Å². The standard InChI is InChI=1S/C30H37N3O4S/c1-4-22(3)31-30(35)25(5-2)32(21-19-23-12-7-6-8-13-23)28(34)18-11-20-33-26-16-9-14-24-15-10-17-27(29(24)26)38(33,36)37/h6-10,12-17,22,25H,4-5,11,18-21H2,1-3H3,(H,31,35). The molecule has 3 aromatic carbocycles. The van der Waals surface area contributed by atoms with E-state index in [0.717, 1.165) is 22.8 Å². The number of nitrogens with zero attached hydrogens (tertiary/aromatic N) is 2. The summed E-state index contributed by atoms with van der Waals surface area (Å²) in [6, 6.07) is 20.2. The quantitative estimate of drug-likeness (QED) is 0.358. The Kier molecular flexibility index (Phi) is 8.72. The van der Waals surface area contributed by atoms with Crippen LogP contribution in [0.1, 0.15) is 52.0 Å². The van der Waals surface area contributed by atoms with Crippen LogP contribution in [0.2, 0.25) is 0 Å². The number of sulfonamides is 1. The van der Waals surface area contributed by atoms with Gasteiger partial charge in [-0.2, -0.15) is 0 Å². The highest BCUT2D eigenvalue weighted by Gasteiger charge is 2.35. The zero-order chi connectivity index (χ0) is 27.3. The number of rotatable bonds is 12. The maximum Gasteiger partial charge on any atom is 0.265 e. The molecule has 4 rings (SSSR count). The zero-order valence-electron chi connectivity index (χ0n) is 22.4. The Bertz CT molecular complexity index is 1390. The van der Waals surface area contributed by atoms with Gasteiger partial charge in [0, 0.05) is 30.9 Å². The first-order valence-corrected chi connectivity index (χ1v) is 14.9. The number of carbonyl (C=O) groups excluding carboxylic acids is 2. The van der Waals surface area contributed by atoms with Gasteiger partial charge in [-0.1, -0.05) is 68.4 Å². The van der Waals surface area contributed by atoms with Crippen molar-refractivity contribution in [2.75, 3.05) is 17.4 Å². The number of amides is 2. The summed E-state index contributed by atoms with van der Waals surface area (Å²) in [7, 11) is -3.67. The van der Waals surface area contributed by atoms with Gasteiger partial charge in [-0.05, 0) is 55.7 Å². The van der Waals surface area contributed by atoms with Gasteiger partial charge in [0.15, 0.2) is 0 Å². The number of benzene rings is 3. The highest BCUT2D eigenvalue weighted by Crippen LogP contribution is 2.42. The van der Waals surface area contributed by atoms with E-state index < -0.39 is 16.1 Å². The molecule has 2 atom stereocenters. The second-order valence-electron chi connectivity index (χ2n) is 9.88. The third-order valence-corrected chi connectivity index (χ3v) is 9.16. The molecule has 0 radical (unpaired) electrons. The maximum absolute atomic E-state index is 13.5. The van der Waals surface area contributed by atoms with Gasteiger partial charge < -0.3 is 10.2 Å². The average Bonchev–Trinajstić information content (AvgIpc) is 3.14. The number of hydrogen-bond acceptors (Lipinski definition) is 4. The van der Waals surface area contributed by atoms with E-state index in [0.29, 0.717) is 36.4 Å². The van der Waals surface area contributed by atoms with Crippen LogP contribution in [0.3, 0.4) is 0 Å². The average molecular weight is 536 g/mol. The molecule has 7 nitrogen and oxygen atoms in total. The lowest BCUT2D eigenvalue weighted by molar-refractivity contribution is -0.141. The Hall–Kier alpha value is -3.39. The molecule has 0 aromatic heterocycles. The maximum atomic E-state index is 13.5. The van der Waals surface area contributed by atoms with Crippen molar-refractivity contribution in [1.29, 1.82) is 0 Å². The van der Waals surface area contributed by atoms with Gasteiger partial charge in [0.05, 0.1) is 10.6 Å².